The first-order valence-corrected chi connectivity index (χ1v) is 8.08. The molecule has 0 bridgehead atoms. The smallest absolute Gasteiger partial charge is 0.387 e. The number of methoxy groups -OCH3 is 1. The van der Waals surface area contributed by atoms with Crippen LogP contribution in [0.3, 0.4) is 0 Å². The number of carbonyl (C=O) groups is 2. The van der Waals surface area contributed by atoms with Crippen molar-refractivity contribution >= 4 is 17.5 Å². The number of benzene rings is 2. The number of halogens is 2. The fraction of sp³-hybridized carbons (Fsp3) is 0.263. The fourth-order valence-electron chi connectivity index (χ4n) is 2.29. The molecule has 144 valence electrons. The summed E-state index contributed by atoms with van der Waals surface area (Å²) in [6.07, 6.45) is 0. The normalized spacial score (nSPS) is 10.4. The van der Waals surface area contributed by atoms with Crippen molar-refractivity contribution in [1.82, 2.24) is 5.32 Å². The Kier molecular flexibility index (Phi) is 6.70. The summed E-state index contributed by atoms with van der Waals surface area (Å²) >= 11 is 0. The molecule has 0 unspecified atom stereocenters. The lowest BCUT2D eigenvalue weighted by atomic mass is 10.1. The van der Waals surface area contributed by atoms with Crippen molar-refractivity contribution in [2.24, 2.45) is 0 Å². The topological polar surface area (TPSA) is 76.7 Å². The van der Waals surface area contributed by atoms with Crippen molar-refractivity contribution in [3.8, 4) is 11.5 Å². The minimum absolute atomic E-state index is 0.108. The maximum Gasteiger partial charge on any atom is 0.387 e. The van der Waals surface area contributed by atoms with Gasteiger partial charge in [-0.1, -0.05) is 6.07 Å². The van der Waals surface area contributed by atoms with Crippen LogP contribution in [0.1, 0.15) is 21.5 Å². The predicted octanol–water partition coefficient (Wildman–Crippen LogP) is 3.28. The number of anilines is 1. The van der Waals surface area contributed by atoms with Crippen molar-refractivity contribution in [3.63, 3.8) is 0 Å². The molecule has 0 fully saturated rings. The number of aryl methyl sites for hydroxylation is 2. The summed E-state index contributed by atoms with van der Waals surface area (Å²) in [4.78, 5) is 24.1. The Bertz CT molecular complexity index is 840. The van der Waals surface area contributed by atoms with Crippen molar-refractivity contribution in [1.29, 1.82) is 0 Å². The zero-order valence-electron chi connectivity index (χ0n) is 15.1. The van der Waals surface area contributed by atoms with Crippen LogP contribution in [0.5, 0.6) is 11.5 Å². The van der Waals surface area contributed by atoms with Gasteiger partial charge in [0, 0.05) is 17.3 Å². The number of rotatable bonds is 7. The number of alkyl halides is 2. The number of amides is 2. The molecule has 2 rings (SSSR count). The summed E-state index contributed by atoms with van der Waals surface area (Å²) in [6, 6.07) is 9.31. The Morgan fingerprint density at radius 2 is 1.78 bits per heavy atom. The standard InChI is InChI=1S/C19H20F2N2O4/c1-11-4-5-13(8-12(11)2)18(25)22-10-17(24)23-14-6-7-15(26-3)16(9-14)27-19(20)21/h4-9,19H,10H2,1-3H3,(H,22,25)(H,23,24). The molecular formula is C19H20F2N2O4. The summed E-state index contributed by atoms with van der Waals surface area (Å²) in [7, 11) is 1.31. The van der Waals surface area contributed by atoms with Gasteiger partial charge in [-0.25, -0.2) is 0 Å². The number of hydrogen-bond donors (Lipinski definition) is 2. The fourth-order valence-corrected chi connectivity index (χ4v) is 2.29. The lowest BCUT2D eigenvalue weighted by Gasteiger charge is -2.12. The maximum atomic E-state index is 12.4. The van der Waals surface area contributed by atoms with Crippen LogP contribution in [-0.4, -0.2) is 32.1 Å². The molecule has 0 radical (unpaired) electrons. The van der Waals surface area contributed by atoms with E-state index in [0.29, 0.717) is 5.56 Å². The summed E-state index contributed by atoms with van der Waals surface area (Å²) < 4.78 is 34.2. The third kappa shape index (κ3) is 5.67. The minimum atomic E-state index is -3.03. The van der Waals surface area contributed by atoms with E-state index in [1.54, 1.807) is 12.1 Å². The van der Waals surface area contributed by atoms with Crippen LogP contribution in [0.15, 0.2) is 36.4 Å². The zero-order chi connectivity index (χ0) is 20.0. The van der Waals surface area contributed by atoms with E-state index in [-0.39, 0.29) is 29.6 Å². The second kappa shape index (κ2) is 8.98. The van der Waals surface area contributed by atoms with E-state index in [9.17, 15) is 18.4 Å². The summed E-state index contributed by atoms with van der Waals surface area (Å²) in [5, 5.41) is 5.01. The highest BCUT2D eigenvalue weighted by Crippen LogP contribution is 2.31. The molecule has 0 aliphatic heterocycles. The highest BCUT2D eigenvalue weighted by atomic mass is 19.3. The van der Waals surface area contributed by atoms with Gasteiger partial charge in [-0.15, -0.1) is 0 Å². The summed E-state index contributed by atoms with van der Waals surface area (Å²) in [5.74, 6) is -0.995. The van der Waals surface area contributed by atoms with E-state index in [1.807, 2.05) is 19.9 Å². The van der Waals surface area contributed by atoms with E-state index >= 15 is 0 Å². The van der Waals surface area contributed by atoms with Crippen LogP contribution < -0.4 is 20.1 Å². The van der Waals surface area contributed by atoms with Crippen molar-refractivity contribution in [3.05, 3.63) is 53.1 Å². The van der Waals surface area contributed by atoms with Gasteiger partial charge in [0.05, 0.1) is 13.7 Å². The van der Waals surface area contributed by atoms with E-state index < -0.39 is 12.5 Å². The van der Waals surface area contributed by atoms with Gasteiger partial charge < -0.3 is 20.1 Å². The molecule has 8 heteroatoms. The lowest BCUT2D eigenvalue weighted by Crippen LogP contribution is -2.32. The highest BCUT2D eigenvalue weighted by Gasteiger charge is 2.13. The molecule has 2 aromatic carbocycles. The first-order valence-electron chi connectivity index (χ1n) is 8.08. The van der Waals surface area contributed by atoms with Crippen molar-refractivity contribution in [2.75, 3.05) is 19.0 Å². The van der Waals surface area contributed by atoms with E-state index in [2.05, 4.69) is 15.4 Å². The van der Waals surface area contributed by atoms with Crippen molar-refractivity contribution < 1.29 is 27.8 Å². The van der Waals surface area contributed by atoms with Crippen LogP contribution in [0, 0.1) is 13.8 Å². The molecule has 6 nitrogen and oxygen atoms in total. The number of carbonyl (C=O) groups excluding carboxylic acids is 2. The van der Waals surface area contributed by atoms with Gasteiger partial charge in [0.15, 0.2) is 11.5 Å². The first kappa shape index (κ1) is 20.2. The summed E-state index contributed by atoms with van der Waals surface area (Å²) in [6.45, 7) is 0.525. The monoisotopic (exact) mass is 378 g/mol. The SMILES string of the molecule is COc1ccc(NC(=O)CNC(=O)c2ccc(C)c(C)c2)cc1OC(F)F. The molecule has 2 amide bonds. The Morgan fingerprint density at radius 1 is 1.04 bits per heavy atom. The first-order chi connectivity index (χ1) is 12.8. The number of hydrogen-bond acceptors (Lipinski definition) is 4. The average molecular weight is 378 g/mol. The maximum absolute atomic E-state index is 12.4. The Labute approximate surface area is 155 Å². The largest absolute Gasteiger partial charge is 0.493 e. The van der Waals surface area contributed by atoms with Crippen LogP contribution in [-0.2, 0) is 4.79 Å². The van der Waals surface area contributed by atoms with E-state index in [0.717, 1.165) is 11.1 Å². The third-order valence-corrected chi connectivity index (χ3v) is 3.84. The molecule has 0 aliphatic carbocycles. The van der Waals surface area contributed by atoms with Gasteiger partial charge in [-0.05, 0) is 49.2 Å². The van der Waals surface area contributed by atoms with Crippen LogP contribution in [0.4, 0.5) is 14.5 Å². The van der Waals surface area contributed by atoms with Gasteiger partial charge in [0.1, 0.15) is 0 Å². The molecule has 0 aromatic heterocycles. The van der Waals surface area contributed by atoms with Crippen LogP contribution >= 0.6 is 0 Å². The number of nitrogens with one attached hydrogen (secondary N) is 2. The van der Waals surface area contributed by atoms with Crippen molar-refractivity contribution in [2.45, 2.75) is 20.5 Å². The Balaban J connectivity index is 1.97. The van der Waals surface area contributed by atoms with Gasteiger partial charge in [0.2, 0.25) is 5.91 Å². The average Bonchev–Trinajstić information content (AvgIpc) is 2.61. The molecule has 0 saturated heterocycles. The predicted molar refractivity (Wildman–Crippen MR) is 96.5 cm³/mol. The minimum Gasteiger partial charge on any atom is -0.493 e. The second-order valence-corrected chi connectivity index (χ2v) is 5.77. The van der Waals surface area contributed by atoms with Crippen LogP contribution in [0.25, 0.3) is 0 Å². The molecule has 0 spiro atoms. The van der Waals surface area contributed by atoms with Crippen LogP contribution in [0.2, 0.25) is 0 Å². The molecule has 2 N–H and O–H groups in total. The molecular weight excluding hydrogens is 358 g/mol. The number of ether oxygens (including phenoxy) is 2. The quantitative estimate of drug-likeness (QED) is 0.775. The van der Waals surface area contributed by atoms with Gasteiger partial charge in [-0.3, -0.25) is 9.59 Å². The lowest BCUT2D eigenvalue weighted by molar-refractivity contribution is -0.115. The summed E-state index contributed by atoms with van der Waals surface area (Å²) in [5.41, 5.74) is 2.71. The second-order valence-electron chi connectivity index (χ2n) is 5.77. The molecule has 0 heterocycles. The van der Waals surface area contributed by atoms with E-state index in [4.69, 9.17) is 4.74 Å². The van der Waals surface area contributed by atoms with E-state index in [1.165, 1.54) is 25.3 Å². The molecule has 27 heavy (non-hydrogen) atoms. The third-order valence-electron chi connectivity index (χ3n) is 3.84. The van der Waals surface area contributed by atoms with Gasteiger partial charge >= 0.3 is 6.61 Å². The van der Waals surface area contributed by atoms with Gasteiger partial charge in [0.25, 0.3) is 5.91 Å². The van der Waals surface area contributed by atoms with Gasteiger partial charge in [-0.2, -0.15) is 8.78 Å². The Morgan fingerprint density at radius 3 is 2.41 bits per heavy atom. The molecule has 2 aromatic rings. The zero-order valence-corrected chi connectivity index (χ0v) is 15.1. The molecule has 0 saturated carbocycles. The Hall–Kier alpha value is -3.16. The highest BCUT2D eigenvalue weighted by molar-refractivity contribution is 5.99. The molecule has 0 atom stereocenters. The molecule has 0 aliphatic rings.